The van der Waals surface area contributed by atoms with E-state index in [4.69, 9.17) is 0 Å². The number of sulfonamides is 1. The van der Waals surface area contributed by atoms with Crippen LogP contribution in [-0.2, 0) is 33.9 Å². The Labute approximate surface area is 231 Å². The van der Waals surface area contributed by atoms with E-state index in [9.17, 15) is 30.4 Å². The molecule has 1 aliphatic heterocycles. The molecule has 1 heterocycles. The summed E-state index contributed by atoms with van der Waals surface area (Å²) in [5, 5.41) is 0. The van der Waals surface area contributed by atoms with Gasteiger partial charge >= 0.3 is 6.18 Å². The summed E-state index contributed by atoms with van der Waals surface area (Å²) in [4.78, 5) is 2.34. The molecule has 214 valence electrons. The summed E-state index contributed by atoms with van der Waals surface area (Å²) in [6.07, 6.45) is -2.89. The van der Waals surface area contributed by atoms with Crippen molar-refractivity contribution in [3.05, 3.63) is 94.8 Å². The Balaban J connectivity index is 1.60. The average molecular weight is 579 g/mol. The third-order valence-corrected chi connectivity index (χ3v) is 10.4. The highest BCUT2D eigenvalue weighted by Crippen LogP contribution is 2.52. The van der Waals surface area contributed by atoms with Gasteiger partial charge in [-0.2, -0.15) is 13.2 Å². The summed E-state index contributed by atoms with van der Waals surface area (Å²) >= 11 is 0. The molecule has 40 heavy (non-hydrogen) atoms. The number of fused-ring (bicyclic) bond motifs is 3. The van der Waals surface area contributed by atoms with Gasteiger partial charge in [0.1, 0.15) is 5.82 Å². The van der Waals surface area contributed by atoms with Crippen molar-refractivity contribution < 1.29 is 30.4 Å². The van der Waals surface area contributed by atoms with E-state index in [0.29, 0.717) is 44.7 Å². The first-order chi connectivity index (χ1) is 18.7. The number of hydrogen-bond acceptors (Lipinski definition) is 3. The topological polar surface area (TPSA) is 40.6 Å². The zero-order valence-electron chi connectivity index (χ0n) is 22.5. The fraction of sp³-hybridized carbons (Fsp3) is 0.400. The van der Waals surface area contributed by atoms with Gasteiger partial charge in [0.15, 0.2) is 0 Å². The van der Waals surface area contributed by atoms with Gasteiger partial charge in [0.05, 0.1) is 4.90 Å². The van der Waals surface area contributed by atoms with Crippen LogP contribution in [0.1, 0.15) is 42.0 Å². The Morgan fingerprint density at radius 1 is 1.00 bits per heavy atom. The molecule has 0 radical (unpaired) electrons. The van der Waals surface area contributed by atoms with Crippen LogP contribution in [0.15, 0.2) is 71.6 Å². The minimum Gasteiger partial charge on any atom is -0.368 e. The highest BCUT2D eigenvalue weighted by Gasteiger charge is 2.55. The first-order valence-corrected chi connectivity index (χ1v) is 14.5. The summed E-state index contributed by atoms with van der Waals surface area (Å²) < 4.78 is 95.9. The van der Waals surface area contributed by atoms with Crippen LogP contribution in [0.5, 0.6) is 0 Å². The maximum atomic E-state index is 14.9. The lowest BCUT2D eigenvalue weighted by Gasteiger charge is -2.44. The van der Waals surface area contributed by atoms with Crippen molar-refractivity contribution in [1.82, 2.24) is 4.31 Å². The number of rotatable bonds is 6. The normalized spacial score (nSPS) is 22.6. The first-order valence-electron chi connectivity index (χ1n) is 13.1. The third kappa shape index (κ3) is 4.68. The van der Waals surface area contributed by atoms with Gasteiger partial charge in [0.25, 0.3) is 0 Å². The fourth-order valence-corrected chi connectivity index (χ4v) is 7.27. The van der Waals surface area contributed by atoms with E-state index < -0.39 is 32.8 Å². The molecular weight excluding hydrogens is 547 g/mol. The second-order valence-corrected chi connectivity index (χ2v) is 13.3. The van der Waals surface area contributed by atoms with E-state index in [0.717, 1.165) is 21.1 Å². The third-order valence-electron chi connectivity index (χ3n) is 8.58. The predicted molar refractivity (Wildman–Crippen MR) is 144 cm³/mol. The van der Waals surface area contributed by atoms with E-state index in [1.54, 1.807) is 36.4 Å². The lowest BCUT2D eigenvalue weighted by atomic mass is 9.63. The molecular formula is C30H31F5N2O2S. The number of aryl methyl sites for hydroxylation is 1. The molecule has 3 atom stereocenters. The van der Waals surface area contributed by atoms with Gasteiger partial charge in [0, 0.05) is 37.8 Å². The minimum atomic E-state index is -5.05. The summed E-state index contributed by atoms with van der Waals surface area (Å²) in [6, 6.07) is 17.0. The molecule has 0 saturated carbocycles. The van der Waals surface area contributed by atoms with Crippen LogP contribution in [0.25, 0.3) is 0 Å². The predicted octanol–water partition coefficient (Wildman–Crippen LogP) is 6.53. The fourth-order valence-electron chi connectivity index (χ4n) is 6.33. The van der Waals surface area contributed by atoms with Crippen LogP contribution in [0.4, 0.5) is 27.6 Å². The van der Waals surface area contributed by atoms with Crippen LogP contribution in [0.3, 0.4) is 0 Å². The monoisotopic (exact) mass is 578 g/mol. The highest BCUT2D eigenvalue weighted by atomic mass is 32.2. The average Bonchev–Trinajstić information content (AvgIpc) is 3.28. The van der Waals surface area contributed by atoms with Crippen LogP contribution < -0.4 is 4.90 Å². The van der Waals surface area contributed by atoms with Gasteiger partial charge in [-0.25, -0.2) is 21.5 Å². The van der Waals surface area contributed by atoms with Gasteiger partial charge in [0.2, 0.25) is 15.7 Å². The molecule has 0 spiro atoms. The van der Waals surface area contributed by atoms with Crippen molar-refractivity contribution in [2.75, 3.05) is 25.5 Å². The summed E-state index contributed by atoms with van der Waals surface area (Å²) in [7, 11) is -0.719. The molecule has 0 amide bonds. The first kappa shape index (κ1) is 28.5. The quantitative estimate of drug-likeness (QED) is 0.313. The van der Waals surface area contributed by atoms with Crippen LogP contribution in [0, 0.1) is 5.82 Å². The van der Waals surface area contributed by atoms with Crippen molar-refractivity contribution in [2.45, 2.75) is 60.8 Å². The Bertz CT molecular complexity index is 1520. The van der Waals surface area contributed by atoms with Crippen molar-refractivity contribution >= 4 is 15.7 Å². The van der Waals surface area contributed by atoms with Gasteiger partial charge in [-0.05, 0) is 85.2 Å². The Morgan fingerprint density at radius 2 is 1.70 bits per heavy atom. The molecule has 0 aromatic heterocycles. The van der Waals surface area contributed by atoms with Crippen molar-refractivity contribution in [1.29, 1.82) is 0 Å². The lowest BCUT2D eigenvalue weighted by molar-refractivity contribution is -0.228. The molecule has 4 nitrogen and oxygen atoms in total. The second-order valence-electron chi connectivity index (χ2n) is 11.1. The van der Waals surface area contributed by atoms with E-state index >= 15 is 0 Å². The van der Waals surface area contributed by atoms with Crippen LogP contribution in [-0.4, -0.2) is 45.6 Å². The van der Waals surface area contributed by atoms with Crippen molar-refractivity contribution in [3.63, 3.8) is 0 Å². The maximum Gasteiger partial charge on any atom is 0.426 e. The Kier molecular flexibility index (Phi) is 7.02. The number of halogens is 5. The smallest absolute Gasteiger partial charge is 0.368 e. The van der Waals surface area contributed by atoms with E-state index in [2.05, 4.69) is 4.90 Å². The Hall–Kier alpha value is -2.98. The SMILES string of the molecule is CN(C)S(=O)(=O)c1cccc(N2CC[C@@]3(Cc4ccc(F)cc4)c4ccc(C(C)(F)C(F)(F)F)cc4CC[C@@H]23)c1. The van der Waals surface area contributed by atoms with E-state index in [1.807, 2.05) is 6.07 Å². The molecule has 1 saturated heterocycles. The van der Waals surface area contributed by atoms with Crippen LogP contribution in [0.2, 0.25) is 0 Å². The zero-order valence-corrected chi connectivity index (χ0v) is 23.3. The number of benzene rings is 3. The second kappa shape index (κ2) is 9.83. The van der Waals surface area contributed by atoms with Crippen molar-refractivity contribution in [2.24, 2.45) is 0 Å². The number of hydrogen-bond donors (Lipinski definition) is 0. The summed E-state index contributed by atoms with van der Waals surface area (Å²) in [5.74, 6) is -0.368. The lowest BCUT2D eigenvalue weighted by Crippen LogP contribution is -2.48. The Morgan fingerprint density at radius 3 is 2.35 bits per heavy atom. The molecule has 3 aromatic rings. The summed E-state index contributed by atoms with van der Waals surface area (Å²) in [6.45, 7) is 1.13. The zero-order chi connectivity index (χ0) is 29.1. The van der Waals surface area contributed by atoms with Gasteiger partial charge < -0.3 is 4.90 Å². The number of nitrogens with zero attached hydrogens (tertiary/aromatic N) is 2. The molecule has 1 unspecified atom stereocenters. The van der Waals surface area contributed by atoms with Gasteiger partial charge in [-0.1, -0.05) is 36.4 Å². The van der Waals surface area contributed by atoms with E-state index in [1.165, 1.54) is 38.4 Å². The molecule has 10 heteroatoms. The maximum absolute atomic E-state index is 14.9. The highest BCUT2D eigenvalue weighted by molar-refractivity contribution is 7.89. The molecule has 1 fully saturated rings. The van der Waals surface area contributed by atoms with Gasteiger partial charge in [-0.3, -0.25) is 0 Å². The molecule has 0 N–H and O–H groups in total. The summed E-state index contributed by atoms with van der Waals surface area (Å²) in [5.41, 5.74) is -1.31. The largest absolute Gasteiger partial charge is 0.426 e. The van der Waals surface area contributed by atoms with Crippen molar-refractivity contribution in [3.8, 4) is 0 Å². The molecule has 3 aromatic carbocycles. The standard InChI is InChI=1S/C30H31F5N2O2S/c1-28(32,30(33,34)35)22-10-13-26-21(17-22)9-14-27-29(26,19-20-7-11-23(31)12-8-20)15-16-37(27)24-5-4-6-25(18-24)40(38,39)36(2)3/h4-8,10-13,17-18,27H,9,14-16,19H2,1-3H3/t27-,28?,29-/m1/s1. The van der Waals surface area contributed by atoms with E-state index in [-0.39, 0.29) is 16.8 Å². The number of alkyl halides is 4. The molecule has 0 bridgehead atoms. The molecule has 1 aliphatic carbocycles. The minimum absolute atomic E-state index is 0.104. The molecule has 2 aliphatic rings. The molecule has 5 rings (SSSR count). The number of anilines is 1. The van der Waals surface area contributed by atoms with Crippen LogP contribution >= 0.6 is 0 Å². The van der Waals surface area contributed by atoms with Gasteiger partial charge in [-0.15, -0.1) is 0 Å².